The van der Waals surface area contributed by atoms with E-state index in [1.165, 1.54) is 0 Å². The molecule has 0 radical (unpaired) electrons. The van der Waals surface area contributed by atoms with Gasteiger partial charge in [-0.05, 0) is 38.0 Å². The van der Waals surface area contributed by atoms with Gasteiger partial charge in [-0.15, -0.1) is 0 Å². The minimum absolute atomic E-state index is 0.221. The van der Waals surface area contributed by atoms with Crippen molar-refractivity contribution in [3.05, 3.63) is 0 Å². The van der Waals surface area contributed by atoms with E-state index in [1.54, 1.807) is 0 Å². The monoisotopic (exact) mass is 666 g/mol. The van der Waals surface area contributed by atoms with Gasteiger partial charge in [-0.3, -0.25) is 0 Å². The molecule has 1 nitrogen and oxygen atoms in total. The molecule has 0 amide bonds. The molecular weight excluding hydrogens is 652 g/mol. The number of alkyl halides is 6. The average Bonchev–Trinajstić information content (AvgIpc) is 2.44. The summed E-state index contributed by atoms with van der Waals surface area (Å²) in [5, 5.41) is 9.68. The Balaban J connectivity index is 2.78. The normalized spacial score (nSPS) is 45.5. The first-order chi connectivity index (χ1) is 9.36. The molecule has 1 rings (SSSR count). The van der Waals surface area contributed by atoms with Crippen LogP contribution in [0.5, 0.6) is 0 Å². The summed E-state index contributed by atoms with van der Waals surface area (Å²) in [7, 11) is 0. The van der Waals surface area contributed by atoms with Crippen LogP contribution in [0.4, 0.5) is 0 Å². The second-order valence-corrected chi connectivity index (χ2v) is 12.3. The summed E-state index contributed by atoms with van der Waals surface area (Å²) in [6.07, 6.45) is 5.44. The van der Waals surface area contributed by atoms with Gasteiger partial charge < -0.3 is 5.11 Å². The Morgan fingerprint density at radius 3 is 1.50 bits per heavy atom. The third-order valence-corrected chi connectivity index (χ3v) is 12.6. The SMILES string of the molecule is OCC1CC(Br)C(Br)CCC(Br)C(Br)CCC(Br)C1Br. The van der Waals surface area contributed by atoms with E-state index in [2.05, 4.69) is 95.6 Å². The maximum absolute atomic E-state index is 9.68. The molecule has 0 saturated heterocycles. The summed E-state index contributed by atoms with van der Waals surface area (Å²) in [4.78, 5) is 2.48. The molecule has 1 saturated carbocycles. The van der Waals surface area contributed by atoms with Gasteiger partial charge in [0.2, 0.25) is 0 Å². The van der Waals surface area contributed by atoms with Gasteiger partial charge >= 0.3 is 0 Å². The summed E-state index contributed by atoms with van der Waals surface area (Å²) in [5.41, 5.74) is 0. The van der Waals surface area contributed by atoms with Crippen molar-refractivity contribution in [3.8, 4) is 0 Å². The van der Waals surface area contributed by atoms with Crippen molar-refractivity contribution in [1.82, 2.24) is 0 Å². The summed E-state index contributed by atoms with van der Waals surface area (Å²) < 4.78 is 0. The topological polar surface area (TPSA) is 20.2 Å². The highest BCUT2D eigenvalue weighted by Gasteiger charge is 2.31. The van der Waals surface area contributed by atoms with Crippen molar-refractivity contribution in [2.75, 3.05) is 6.61 Å². The number of hydrogen-bond acceptors (Lipinski definition) is 1. The quantitative estimate of drug-likeness (QED) is 0.333. The molecular formula is C13H20Br6O. The van der Waals surface area contributed by atoms with E-state index >= 15 is 0 Å². The first kappa shape index (κ1) is 20.9. The number of aliphatic hydroxyl groups excluding tert-OH is 1. The van der Waals surface area contributed by atoms with Gasteiger partial charge in [-0.1, -0.05) is 95.6 Å². The van der Waals surface area contributed by atoms with E-state index in [0.717, 1.165) is 32.1 Å². The molecule has 1 aliphatic carbocycles. The molecule has 7 heteroatoms. The first-order valence-electron chi connectivity index (χ1n) is 6.82. The predicted octanol–water partition coefficient (Wildman–Crippen LogP) is 6.14. The first-order valence-corrected chi connectivity index (χ1v) is 12.3. The Morgan fingerprint density at radius 1 is 0.650 bits per heavy atom. The maximum atomic E-state index is 9.68. The Morgan fingerprint density at radius 2 is 1.05 bits per heavy atom. The molecule has 20 heavy (non-hydrogen) atoms. The van der Waals surface area contributed by atoms with E-state index in [4.69, 9.17) is 0 Å². The van der Waals surface area contributed by atoms with E-state index in [-0.39, 0.29) is 12.5 Å². The van der Waals surface area contributed by atoms with Gasteiger partial charge in [0, 0.05) is 35.6 Å². The van der Waals surface area contributed by atoms with Gasteiger partial charge in [0.05, 0.1) is 0 Å². The van der Waals surface area contributed by atoms with E-state index < -0.39 is 0 Å². The molecule has 7 atom stereocenters. The zero-order chi connectivity index (χ0) is 15.3. The van der Waals surface area contributed by atoms with E-state index in [1.807, 2.05) is 0 Å². The third kappa shape index (κ3) is 6.76. The maximum Gasteiger partial charge on any atom is 0.0470 e. The number of aliphatic hydroxyl groups is 1. The van der Waals surface area contributed by atoms with Crippen LogP contribution in [0.25, 0.3) is 0 Å². The molecule has 0 aliphatic heterocycles. The lowest BCUT2D eigenvalue weighted by Crippen LogP contribution is -2.33. The molecule has 0 aromatic heterocycles. The summed E-state index contributed by atoms with van der Waals surface area (Å²) >= 11 is 22.7. The Kier molecular flexibility index (Phi) is 11.1. The third-order valence-electron chi connectivity index (χ3n) is 3.78. The number of hydrogen-bond donors (Lipinski definition) is 1. The second kappa shape index (κ2) is 10.7. The molecule has 1 N–H and O–H groups in total. The molecule has 1 aliphatic rings. The van der Waals surface area contributed by atoms with Gasteiger partial charge in [-0.25, -0.2) is 0 Å². The highest BCUT2D eigenvalue weighted by molar-refractivity contribution is 9.13. The largest absolute Gasteiger partial charge is 0.396 e. The van der Waals surface area contributed by atoms with Crippen molar-refractivity contribution in [1.29, 1.82) is 0 Å². The lowest BCUT2D eigenvalue weighted by atomic mass is 9.93. The summed E-state index contributed by atoms with van der Waals surface area (Å²) in [6.45, 7) is 0.221. The van der Waals surface area contributed by atoms with Crippen molar-refractivity contribution >= 4 is 95.6 Å². The van der Waals surface area contributed by atoms with Crippen molar-refractivity contribution in [2.45, 2.75) is 61.1 Å². The van der Waals surface area contributed by atoms with Crippen LogP contribution in [0.15, 0.2) is 0 Å². The van der Waals surface area contributed by atoms with Crippen LogP contribution in [0, 0.1) is 5.92 Å². The van der Waals surface area contributed by atoms with Crippen LogP contribution in [0.3, 0.4) is 0 Å². The molecule has 0 aromatic carbocycles. The van der Waals surface area contributed by atoms with Crippen molar-refractivity contribution in [2.24, 2.45) is 5.92 Å². The van der Waals surface area contributed by atoms with Crippen LogP contribution in [0.2, 0.25) is 0 Å². The second-order valence-electron chi connectivity index (χ2n) is 5.36. The zero-order valence-electron chi connectivity index (χ0n) is 11.0. The fraction of sp³-hybridized carbons (Fsp3) is 1.00. The van der Waals surface area contributed by atoms with Gasteiger partial charge in [0.1, 0.15) is 0 Å². The standard InChI is InChI=1S/C13H20Br6O/c14-8-1-2-10(16)12(18)5-7(6-20)13(19)11(17)4-3-9(8)15/h7-13,20H,1-6H2. The van der Waals surface area contributed by atoms with Gasteiger partial charge in [-0.2, -0.15) is 0 Å². The fourth-order valence-corrected chi connectivity index (χ4v) is 6.00. The molecule has 0 spiro atoms. The predicted molar refractivity (Wildman–Crippen MR) is 110 cm³/mol. The smallest absolute Gasteiger partial charge is 0.0470 e. The summed E-state index contributed by atoms with van der Waals surface area (Å²) in [6, 6.07) is 0. The molecule has 120 valence electrons. The average molecular weight is 672 g/mol. The Bertz CT molecular complexity index is 280. The number of halogens is 6. The highest BCUT2D eigenvalue weighted by Crippen LogP contribution is 2.36. The van der Waals surface area contributed by atoms with Crippen LogP contribution in [0.1, 0.15) is 32.1 Å². The van der Waals surface area contributed by atoms with Crippen LogP contribution >= 0.6 is 95.6 Å². The van der Waals surface area contributed by atoms with Crippen molar-refractivity contribution in [3.63, 3.8) is 0 Å². The molecule has 7 unspecified atom stereocenters. The molecule has 0 heterocycles. The van der Waals surface area contributed by atoms with Crippen LogP contribution in [-0.4, -0.2) is 40.7 Å². The Hall–Kier alpha value is 2.84. The fourth-order valence-electron chi connectivity index (χ4n) is 2.38. The minimum Gasteiger partial charge on any atom is -0.396 e. The molecule has 0 aromatic rings. The molecule has 0 bridgehead atoms. The number of rotatable bonds is 1. The highest BCUT2D eigenvalue weighted by atomic mass is 79.9. The van der Waals surface area contributed by atoms with E-state index in [9.17, 15) is 5.11 Å². The van der Waals surface area contributed by atoms with Crippen LogP contribution < -0.4 is 0 Å². The van der Waals surface area contributed by atoms with Gasteiger partial charge in [0.15, 0.2) is 0 Å². The summed E-state index contributed by atoms with van der Waals surface area (Å²) in [5.74, 6) is 0.261. The lowest BCUT2D eigenvalue weighted by Gasteiger charge is -2.30. The van der Waals surface area contributed by atoms with Gasteiger partial charge in [0.25, 0.3) is 0 Å². The minimum atomic E-state index is 0.221. The van der Waals surface area contributed by atoms with Crippen molar-refractivity contribution < 1.29 is 5.11 Å². The van der Waals surface area contributed by atoms with Crippen LogP contribution in [-0.2, 0) is 0 Å². The zero-order valence-corrected chi connectivity index (χ0v) is 20.5. The Labute approximate surface area is 172 Å². The van der Waals surface area contributed by atoms with E-state index in [0.29, 0.717) is 29.0 Å². The molecule has 1 fully saturated rings. The lowest BCUT2D eigenvalue weighted by molar-refractivity contribution is 0.214.